The highest BCUT2D eigenvalue weighted by atomic mass is 32.1. The number of nitrogens with one attached hydrogen (secondary N) is 1. The summed E-state index contributed by atoms with van der Waals surface area (Å²) in [6.07, 6.45) is 5.47. The lowest BCUT2D eigenvalue weighted by Crippen LogP contribution is -2.16. The Morgan fingerprint density at radius 1 is 1.61 bits per heavy atom. The third-order valence-corrected chi connectivity index (χ3v) is 5.17. The van der Waals surface area contributed by atoms with E-state index in [1.165, 1.54) is 44.1 Å². The zero-order valence-corrected chi connectivity index (χ0v) is 11.3. The summed E-state index contributed by atoms with van der Waals surface area (Å²) in [7, 11) is 1.38. The summed E-state index contributed by atoms with van der Waals surface area (Å²) in [5.41, 5.74) is 6.87. The van der Waals surface area contributed by atoms with E-state index in [1.54, 1.807) is 0 Å². The van der Waals surface area contributed by atoms with Crippen LogP contribution in [0, 0.1) is 11.3 Å². The van der Waals surface area contributed by atoms with Gasteiger partial charge in [0.15, 0.2) is 0 Å². The number of ether oxygens (including phenoxy) is 1. The molecular formula is C13H18N2O2S. The lowest BCUT2D eigenvalue weighted by atomic mass is 10.0. The minimum atomic E-state index is -0.353. The Hall–Kier alpha value is -1.23. The van der Waals surface area contributed by atoms with Crippen molar-refractivity contribution in [3.63, 3.8) is 0 Å². The van der Waals surface area contributed by atoms with Gasteiger partial charge >= 0.3 is 5.97 Å². The SMILES string of the molecule is COC(=O)c1sc(NCC2(C3CC3)CC2)cc1N. The van der Waals surface area contributed by atoms with E-state index in [4.69, 9.17) is 10.5 Å². The van der Waals surface area contributed by atoms with E-state index in [1.807, 2.05) is 6.07 Å². The predicted molar refractivity (Wildman–Crippen MR) is 73.0 cm³/mol. The molecule has 2 aliphatic carbocycles. The van der Waals surface area contributed by atoms with E-state index in [-0.39, 0.29) is 5.97 Å². The van der Waals surface area contributed by atoms with Gasteiger partial charge in [-0.3, -0.25) is 0 Å². The number of nitrogen functional groups attached to an aromatic ring is 1. The first kappa shape index (κ1) is 11.8. The molecule has 1 aromatic heterocycles. The molecule has 0 unspecified atom stereocenters. The smallest absolute Gasteiger partial charge is 0.350 e. The van der Waals surface area contributed by atoms with Gasteiger partial charge in [0.2, 0.25) is 0 Å². The zero-order chi connectivity index (χ0) is 12.8. The quantitative estimate of drug-likeness (QED) is 0.804. The van der Waals surface area contributed by atoms with Crippen LogP contribution in [0.3, 0.4) is 0 Å². The van der Waals surface area contributed by atoms with Gasteiger partial charge in [-0.25, -0.2) is 4.79 Å². The molecule has 0 aromatic carbocycles. The van der Waals surface area contributed by atoms with Crippen LogP contribution in [-0.2, 0) is 4.74 Å². The van der Waals surface area contributed by atoms with Crippen LogP contribution in [0.5, 0.6) is 0 Å². The maximum atomic E-state index is 11.5. The van der Waals surface area contributed by atoms with Crippen molar-refractivity contribution in [2.24, 2.45) is 11.3 Å². The highest BCUT2D eigenvalue weighted by Gasteiger charge is 2.53. The fourth-order valence-electron chi connectivity index (χ4n) is 2.59. The van der Waals surface area contributed by atoms with E-state index in [0.29, 0.717) is 16.0 Å². The first-order valence-electron chi connectivity index (χ1n) is 6.36. The Kier molecular flexibility index (Phi) is 2.73. The number of nitrogens with two attached hydrogens (primary N) is 1. The van der Waals surface area contributed by atoms with Gasteiger partial charge in [-0.15, -0.1) is 11.3 Å². The van der Waals surface area contributed by atoms with Crippen molar-refractivity contribution in [3.8, 4) is 0 Å². The fraction of sp³-hybridized carbons (Fsp3) is 0.615. The molecule has 3 rings (SSSR count). The van der Waals surface area contributed by atoms with E-state index >= 15 is 0 Å². The first-order valence-corrected chi connectivity index (χ1v) is 7.18. The number of methoxy groups -OCH3 is 1. The Balaban J connectivity index is 1.64. The largest absolute Gasteiger partial charge is 0.465 e. The molecule has 5 heteroatoms. The van der Waals surface area contributed by atoms with Gasteiger partial charge in [-0.05, 0) is 43.1 Å². The van der Waals surface area contributed by atoms with Crippen LogP contribution in [0.4, 0.5) is 10.7 Å². The van der Waals surface area contributed by atoms with Crippen LogP contribution in [0.2, 0.25) is 0 Å². The second-order valence-corrected chi connectivity index (χ2v) is 6.43. The van der Waals surface area contributed by atoms with Crippen molar-refractivity contribution >= 4 is 28.0 Å². The van der Waals surface area contributed by atoms with Crippen molar-refractivity contribution in [3.05, 3.63) is 10.9 Å². The second kappa shape index (κ2) is 4.16. The molecule has 0 spiro atoms. The van der Waals surface area contributed by atoms with Gasteiger partial charge in [0, 0.05) is 6.54 Å². The molecule has 1 heterocycles. The summed E-state index contributed by atoms with van der Waals surface area (Å²) in [6.45, 7) is 1.01. The Bertz CT molecular complexity index is 475. The van der Waals surface area contributed by atoms with E-state index < -0.39 is 0 Å². The van der Waals surface area contributed by atoms with Crippen LogP contribution in [0.1, 0.15) is 35.4 Å². The number of rotatable bonds is 5. The molecule has 0 aliphatic heterocycles. The molecule has 0 radical (unpaired) electrons. The van der Waals surface area contributed by atoms with Gasteiger partial charge in [-0.2, -0.15) is 0 Å². The van der Waals surface area contributed by atoms with Crippen LogP contribution < -0.4 is 11.1 Å². The Morgan fingerprint density at radius 2 is 2.33 bits per heavy atom. The summed E-state index contributed by atoms with van der Waals surface area (Å²) in [5, 5.41) is 4.41. The lowest BCUT2D eigenvalue weighted by molar-refractivity contribution is 0.0607. The standard InChI is InChI=1S/C13H18N2O2S/c1-17-12(16)11-9(14)6-10(18-11)15-7-13(4-5-13)8-2-3-8/h6,8,15H,2-5,7,14H2,1H3. The van der Waals surface area contributed by atoms with Crippen LogP contribution in [0.15, 0.2) is 6.07 Å². The van der Waals surface area contributed by atoms with Crippen LogP contribution >= 0.6 is 11.3 Å². The van der Waals surface area contributed by atoms with Gasteiger partial charge in [0.05, 0.1) is 17.8 Å². The highest BCUT2D eigenvalue weighted by Crippen LogP contribution is 2.61. The number of thiophene rings is 1. The molecule has 2 fully saturated rings. The molecule has 0 saturated heterocycles. The highest BCUT2D eigenvalue weighted by molar-refractivity contribution is 7.18. The number of hydrogen-bond donors (Lipinski definition) is 2. The molecule has 4 nitrogen and oxygen atoms in total. The second-order valence-electron chi connectivity index (χ2n) is 5.38. The van der Waals surface area contributed by atoms with Crippen molar-refractivity contribution in [2.75, 3.05) is 24.7 Å². The molecule has 2 saturated carbocycles. The Morgan fingerprint density at radius 3 is 2.89 bits per heavy atom. The lowest BCUT2D eigenvalue weighted by Gasteiger charge is -2.14. The molecule has 3 N–H and O–H groups in total. The number of hydrogen-bond acceptors (Lipinski definition) is 5. The summed E-state index contributed by atoms with van der Waals surface area (Å²) < 4.78 is 4.70. The summed E-state index contributed by atoms with van der Waals surface area (Å²) in [6, 6.07) is 1.83. The molecular weight excluding hydrogens is 248 g/mol. The minimum absolute atomic E-state index is 0.353. The topological polar surface area (TPSA) is 64.3 Å². The fourth-order valence-corrected chi connectivity index (χ4v) is 3.49. The molecule has 0 bridgehead atoms. The molecule has 18 heavy (non-hydrogen) atoms. The van der Waals surface area contributed by atoms with E-state index in [9.17, 15) is 4.79 Å². The number of esters is 1. The molecule has 2 aliphatic rings. The van der Waals surface area contributed by atoms with Crippen molar-refractivity contribution in [2.45, 2.75) is 25.7 Å². The maximum Gasteiger partial charge on any atom is 0.350 e. The monoisotopic (exact) mass is 266 g/mol. The number of carbonyl (C=O) groups excluding carboxylic acids is 1. The van der Waals surface area contributed by atoms with Crippen molar-refractivity contribution < 1.29 is 9.53 Å². The van der Waals surface area contributed by atoms with Crippen LogP contribution in [0.25, 0.3) is 0 Å². The van der Waals surface area contributed by atoms with E-state index in [0.717, 1.165) is 17.5 Å². The van der Waals surface area contributed by atoms with Crippen molar-refractivity contribution in [1.29, 1.82) is 0 Å². The summed E-state index contributed by atoms with van der Waals surface area (Å²) in [4.78, 5) is 12.0. The minimum Gasteiger partial charge on any atom is -0.465 e. The molecule has 0 atom stereocenters. The van der Waals surface area contributed by atoms with E-state index in [2.05, 4.69) is 5.32 Å². The van der Waals surface area contributed by atoms with Gasteiger partial charge in [0.1, 0.15) is 4.88 Å². The summed E-state index contributed by atoms with van der Waals surface area (Å²) >= 11 is 1.38. The van der Waals surface area contributed by atoms with Gasteiger partial charge in [0.25, 0.3) is 0 Å². The molecule has 0 amide bonds. The van der Waals surface area contributed by atoms with Gasteiger partial charge < -0.3 is 15.8 Å². The Labute approximate surface area is 111 Å². The maximum absolute atomic E-state index is 11.5. The number of anilines is 2. The van der Waals surface area contributed by atoms with Gasteiger partial charge in [-0.1, -0.05) is 0 Å². The van der Waals surface area contributed by atoms with Crippen molar-refractivity contribution in [1.82, 2.24) is 0 Å². The average molecular weight is 266 g/mol. The normalized spacial score (nSPS) is 20.5. The average Bonchev–Trinajstić information content (AvgIpc) is 3.24. The first-order chi connectivity index (χ1) is 8.64. The third-order valence-electron chi connectivity index (χ3n) is 4.08. The number of carbonyl (C=O) groups is 1. The zero-order valence-electron chi connectivity index (χ0n) is 10.5. The molecule has 1 aromatic rings. The van der Waals surface area contributed by atoms with Crippen LogP contribution in [-0.4, -0.2) is 19.6 Å². The molecule has 98 valence electrons. The predicted octanol–water partition coefficient (Wildman–Crippen LogP) is 2.72. The third kappa shape index (κ3) is 2.07. The summed E-state index contributed by atoms with van der Waals surface area (Å²) in [5.74, 6) is 0.580.